The number of fused-ring (bicyclic) bond motifs is 1. The molecule has 9 heteroatoms. The molecule has 2 N–H and O–H groups in total. The van der Waals surface area contributed by atoms with Crippen LogP contribution in [0, 0.1) is 5.82 Å². The number of hydrogen-bond donors (Lipinski definition) is 2. The van der Waals surface area contributed by atoms with E-state index in [2.05, 4.69) is 25.5 Å². The molecular formula is C19H16FN5OS2. The summed E-state index contributed by atoms with van der Waals surface area (Å²) in [6.07, 6.45) is 0. The molecular weight excluding hydrogens is 397 g/mol. The Morgan fingerprint density at radius 2 is 1.96 bits per heavy atom. The largest absolute Gasteiger partial charge is 0.356 e. The molecule has 2 aromatic heterocycles. The molecule has 4 aromatic rings. The van der Waals surface area contributed by atoms with E-state index in [0.29, 0.717) is 28.4 Å². The first-order valence-corrected chi connectivity index (χ1v) is 10.3. The summed E-state index contributed by atoms with van der Waals surface area (Å²) in [5.74, 6) is 0.345. The highest BCUT2D eigenvalue weighted by molar-refractivity contribution is 8.01. The summed E-state index contributed by atoms with van der Waals surface area (Å²) < 4.78 is 13.7. The third-order valence-electron chi connectivity index (χ3n) is 4.06. The highest BCUT2D eigenvalue weighted by atomic mass is 32.2. The van der Waals surface area contributed by atoms with Crippen LogP contribution in [0.1, 0.15) is 23.6 Å². The average molecular weight is 414 g/mol. The van der Waals surface area contributed by atoms with Gasteiger partial charge in [-0.1, -0.05) is 47.4 Å². The van der Waals surface area contributed by atoms with Gasteiger partial charge in [0.25, 0.3) is 5.56 Å². The van der Waals surface area contributed by atoms with Crippen LogP contribution in [0.4, 0.5) is 9.52 Å². The molecule has 0 saturated heterocycles. The number of rotatable bonds is 6. The Morgan fingerprint density at radius 1 is 1.18 bits per heavy atom. The van der Waals surface area contributed by atoms with Gasteiger partial charge in [-0.25, -0.2) is 9.37 Å². The van der Waals surface area contributed by atoms with E-state index < -0.39 is 0 Å². The van der Waals surface area contributed by atoms with Crippen molar-refractivity contribution in [2.75, 3.05) is 5.32 Å². The summed E-state index contributed by atoms with van der Waals surface area (Å²) in [4.78, 5) is 19.6. The molecule has 0 aliphatic heterocycles. The molecule has 0 bridgehead atoms. The Hall–Kier alpha value is -2.78. The smallest absolute Gasteiger partial charge is 0.258 e. The lowest BCUT2D eigenvalue weighted by atomic mass is 10.2. The molecule has 0 amide bonds. The number of H-pyrrole nitrogens is 1. The number of halogens is 1. The van der Waals surface area contributed by atoms with Gasteiger partial charge in [0.1, 0.15) is 11.6 Å². The van der Waals surface area contributed by atoms with Crippen molar-refractivity contribution in [1.82, 2.24) is 20.2 Å². The molecule has 28 heavy (non-hydrogen) atoms. The van der Waals surface area contributed by atoms with Crippen molar-refractivity contribution in [3.63, 3.8) is 0 Å². The van der Waals surface area contributed by atoms with Gasteiger partial charge in [0.2, 0.25) is 5.13 Å². The lowest BCUT2D eigenvalue weighted by Gasteiger charge is -2.08. The molecule has 0 spiro atoms. The van der Waals surface area contributed by atoms with Crippen molar-refractivity contribution >= 4 is 39.1 Å². The van der Waals surface area contributed by atoms with Gasteiger partial charge < -0.3 is 10.3 Å². The second kappa shape index (κ2) is 8.07. The highest BCUT2D eigenvalue weighted by Crippen LogP contribution is 2.36. The molecule has 2 heterocycles. The van der Waals surface area contributed by atoms with Gasteiger partial charge in [-0.15, -0.1) is 10.2 Å². The topological polar surface area (TPSA) is 83.6 Å². The first-order chi connectivity index (χ1) is 13.6. The van der Waals surface area contributed by atoms with Crippen molar-refractivity contribution in [2.45, 2.75) is 23.1 Å². The normalized spacial score (nSPS) is 12.2. The monoisotopic (exact) mass is 413 g/mol. The van der Waals surface area contributed by atoms with E-state index in [1.54, 1.807) is 18.2 Å². The Morgan fingerprint density at radius 3 is 2.79 bits per heavy atom. The summed E-state index contributed by atoms with van der Waals surface area (Å²) in [5, 5.41) is 12.7. The molecule has 142 valence electrons. The minimum absolute atomic E-state index is 0.0878. The van der Waals surface area contributed by atoms with Crippen LogP contribution in [0.2, 0.25) is 0 Å². The van der Waals surface area contributed by atoms with Gasteiger partial charge in [-0.05, 0) is 36.8 Å². The van der Waals surface area contributed by atoms with Crippen LogP contribution in [-0.4, -0.2) is 20.2 Å². The Balaban J connectivity index is 1.43. The summed E-state index contributed by atoms with van der Waals surface area (Å²) in [5.41, 5.74) is 1.48. The molecule has 1 unspecified atom stereocenters. The summed E-state index contributed by atoms with van der Waals surface area (Å²) >= 11 is 2.90. The Labute approximate surface area is 168 Å². The summed E-state index contributed by atoms with van der Waals surface area (Å²) in [6.45, 7) is 2.50. The quantitative estimate of drug-likeness (QED) is 0.457. The van der Waals surface area contributed by atoms with Crippen LogP contribution >= 0.6 is 23.1 Å². The summed E-state index contributed by atoms with van der Waals surface area (Å²) in [7, 11) is 0. The van der Waals surface area contributed by atoms with E-state index >= 15 is 0 Å². The standard InChI is InChI=1S/C19H16FN5OS2/c1-11(16-22-15-5-3-2-4-14(15)17(26)23-16)27-19-25-24-18(28-19)21-10-12-6-8-13(20)9-7-12/h2-9,11H,10H2,1H3,(H,21,24)(H,22,23,26). The number of aromatic amines is 1. The fourth-order valence-corrected chi connectivity index (χ4v) is 4.56. The Kier molecular flexibility index (Phi) is 5.36. The second-order valence-corrected chi connectivity index (χ2v) is 8.65. The average Bonchev–Trinajstić information content (AvgIpc) is 3.15. The number of nitrogens with one attached hydrogen (secondary N) is 2. The SMILES string of the molecule is CC(Sc1nnc(NCc2ccc(F)cc2)s1)c1nc2ccccc2c(=O)[nH]1. The predicted molar refractivity (Wildman–Crippen MR) is 110 cm³/mol. The zero-order valence-electron chi connectivity index (χ0n) is 14.8. The summed E-state index contributed by atoms with van der Waals surface area (Å²) in [6, 6.07) is 13.6. The van der Waals surface area contributed by atoms with Crippen molar-refractivity contribution in [2.24, 2.45) is 0 Å². The van der Waals surface area contributed by atoms with Crippen molar-refractivity contribution in [1.29, 1.82) is 0 Å². The van der Waals surface area contributed by atoms with Gasteiger partial charge in [-0.3, -0.25) is 4.79 Å². The molecule has 0 aliphatic carbocycles. The van der Waals surface area contributed by atoms with Gasteiger partial charge in [0.15, 0.2) is 4.34 Å². The molecule has 0 aliphatic rings. The minimum atomic E-state index is -0.257. The van der Waals surface area contributed by atoms with Crippen molar-refractivity contribution in [3.8, 4) is 0 Å². The van der Waals surface area contributed by atoms with E-state index in [0.717, 1.165) is 9.90 Å². The molecule has 1 atom stereocenters. The third kappa shape index (κ3) is 4.20. The first kappa shape index (κ1) is 18.6. The first-order valence-electron chi connectivity index (χ1n) is 8.56. The van der Waals surface area contributed by atoms with Crippen LogP contribution in [0.25, 0.3) is 10.9 Å². The highest BCUT2D eigenvalue weighted by Gasteiger charge is 2.15. The molecule has 2 aromatic carbocycles. The molecule has 0 fully saturated rings. The van der Waals surface area contributed by atoms with E-state index in [1.807, 2.05) is 25.1 Å². The maximum atomic E-state index is 13.0. The van der Waals surface area contributed by atoms with Crippen LogP contribution in [0.3, 0.4) is 0 Å². The van der Waals surface area contributed by atoms with Gasteiger partial charge >= 0.3 is 0 Å². The van der Waals surface area contributed by atoms with E-state index in [4.69, 9.17) is 0 Å². The van der Waals surface area contributed by atoms with Crippen LogP contribution in [-0.2, 0) is 6.54 Å². The van der Waals surface area contributed by atoms with E-state index in [1.165, 1.54) is 35.2 Å². The van der Waals surface area contributed by atoms with Crippen LogP contribution in [0.15, 0.2) is 57.7 Å². The Bertz CT molecular complexity index is 1160. The second-order valence-electron chi connectivity index (χ2n) is 6.08. The molecule has 4 rings (SSSR count). The zero-order chi connectivity index (χ0) is 19.5. The van der Waals surface area contributed by atoms with E-state index in [-0.39, 0.29) is 16.6 Å². The zero-order valence-corrected chi connectivity index (χ0v) is 16.5. The number of anilines is 1. The predicted octanol–water partition coefficient (Wildman–Crippen LogP) is 4.38. The number of para-hydroxylation sites is 1. The van der Waals surface area contributed by atoms with Crippen LogP contribution in [0.5, 0.6) is 0 Å². The maximum absolute atomic E-state index is 13.0. The number of nitrogens with zero attached hydrogens (tertiary/aromatic N) is 3. The molecule has 0 saturated carbocycles. The van der Waals surface area contributed by atoms with Gasteiger partial charge in [0, 0.05) is 6.54 Å². The van der Waals surface area contributed by atoms with Gasteiger partial charge in [0.05, 0.1) is 16.2 Å². The van der Waals surface area contributed by atoms with Crippen molar-refractivity contribution in [3.05, 3.63) is 76.1 Å². The van der Waals surface area contributed by atoms with E-state index in [9.17, 15) is 9.18 Å². The van der Waals surface area contributed by atoms with Crippen molar-refractivity contribution < 1.29 is 4.39 Å². The fourth-order valence-electron chi connectivity index (χ4n) is 2.61. The number of hydrogen-bond acceptors (Lipinski definition) is 7. The lowest BCUT2D eigenvalue weighted by Crippen LogP contribution is -2.12. The third-order valence-corrected chi connectivity index (χ3v) is 6.13. The number of benzene rings is 2. The molecule has 0 radical (unpaired) electrons. The minimum Gasteiger partial charge on any atom is -0.356 e. The number of aromatic nitrogens is 4. The lowest BCUT2D eigenvalue weighted by molar-refractivity contribution is 0.627. The van der Waals surface area contributed by atoms with Crippen LogP contribution < -0.4 is 10.9 Å². The van der Waals surface area contributed by atoms with Gasteiger partial charge in [-0.2, -0.15) is 0 Å². The number of thioether (sulfide) groups is 1. The fraction of sp³-hybridized carbons (Fsp3) is 0.158. The molecule has 6 nitrogen and oxygen atoms in total. The maximum Gasteiger partial charge on any atom is 0.258 e.